The largest absolute Gasteiger partial charge is 0.309 e. The van der Waals surface area contributed by atoms with Crippen molar-refractivity contribution in [3.8, 4) is 27.9 Å². The summed E-state index contributed by atoms with van der Waals surface area (Å²) in [5.74, 6) is 0.287. The molecule has 0 spiro atoms. The highest BCUT2D eigenvalue weighted by Gasteiger charge is 2.18. The van der Waals surface area contributed by atoms with Crippen LogP contribution in [0.25, 0.3) is 60.5 Å². The molecule has 9 aromatic rings. The van der Waals surface area contributed by atoms with E-state index in [9.17, 15) is 0 Å². The molecule has 0 fully saturated rings. The molecule has 8 aromatic carbocycles. The lowest BCUT2D eigenvalue weighted by Crippen LogP contribution is -2.04. The molecule has 0 amide bonds. The molecule has 238 valence electrons. The van der Waals surface area contributed by atoms with Crippen LogP contribution < -0.4 is 0 Å². The predicted molar refractivity (Wildman–Crippen MR) is 212 cm³/mol. The van der Waals surface area contributed by atoms with Gasteiger partial charge in [-0.3, -0.25) is 0 Å². The minimum atomic E-state index is 0.287. The highest BCUT2D eigenvalue weighted by Crippen LogP contribution is 2.37. The van der Waals surface area contributed by atoms with Gasteiger partial charge in [-0.25, -0.2) is 0 Å². The molecule has 1 unspecified atom stereocenters. The van der Waals surface area contributed by atoms with Crippen molar-refractivity contribution in [3.63, 3.8) is 0 Å². The summed E-state index contributed by atoms with van der Waals surface area (Å²) in [6.45, 7) is 0. The van der Waals surface area contributed by atoms with E-state index in [1.165, 1.54) is 77.2 Å². The summed E-state index contributed by atoms with van der Waals surface area (Å²) in [6.07, 6.45) is 2.03. The first-order valence-corrected chi connectivity index (χ1v) is 17.6. The van der Waals surface area contributed by atoms with Crippen molar-refractivity contribution in [3.05, 3.63) is 211 Å². The second-order valence-electron chi connectivity index (χ2n) is 13.3. The lowest BCUT2D eigenvalue weighted by molar-refractivity contribution is 0.720. The molecule has 50 heavy (non-hydrogen) atoms. The fraction of sp³-hybridized carbons (Fsp3) is 0.0612. The molecule has 0 radical (unpaired) electrons. The third kappa shape index (κ3) is 5.57. The molecule has 0 aliphatic rings. The van der Waals surface area contributed by atoms with Crippen LogP contribution in [0.15, 0.2) is 194 Å². The average Bonchev–Trinajstić information content (AvgIpc) is 3.53. The zero-order chi connectivity index (χ0) is 33.3. The Hall–Kier alpha value is -6.18. The van der Waals surface area contributed by atoms with Crippen molar-refractivity contribution in [2.45, 2.75) is 18.8 Å². The molecule has 0 aliphatic heterocycles. The minimum Gasteiger partial charge on any atom is -0.309 e. The first-order valence-electron chi connectivity index (χ1n) is 17.6. The van der Waals surface area contributed by atoms with Gasteiger partial charge in [-0.2, -0.15) is 0 Å². The van der Waals surface area contributed by atoms with E-state index in [2.05, 4.69) is 199 Å². The summed E-state index contributed by atoms with van der Waals surface area (Å²) < 4.78 is 2.37. The molecule has 1 aromatic heterocycles. The zero-order valence-corrected chi connectivity index (χ0v) is 27.9. The van der Waals surface area contributed by atoms with Gasteiger partial charge in [0.15, 0.2) is 0 Å². The molecular weight excluding hydrogens is 603 g/mol. The summed E-state index contributed by atoms with van der Waals surface area (Å²) in [5.41, 5.74) is 12.8. The zero-order valence-electron chi connectivity index (χ0n) is 27.9. The highest BCUT2D eigenvalue weighted by molar-refractivity contribution is 6.10. The van der Waals surface area contributed by atoms with Crippen LogP contribution in [0.1, 0.15) is 29.0 Å². The summed E-state index contributed by atoms with van der Waals surface area (Å²) >= 11 is 0. The first kappa shape index (κ1) is 29.9. The Kier molecular flexibility index (Phi) is 7.80. The summed E-state index contributed by atoms with van der Waals surface area (Å²) in [7, 11) is 0. The van der Waals surface area contributed by atoms with Gasteiger partial charge in [0.1, 0.15) is 0 Å². The number of aryl methyl sites for hydroxylation is 1. The van der Waals surface area contributed by atoms with Crippen LogP contribution in [-0.4, -0.2) is 4.57 Å². The molecule has 0 bridgehead atoms. The molecule has 0 saturated heterocycles. The Balaban J connectivity index is 1.02. The van der Waals surface area contributed by atoms with Crippen LogP contribution in [-0.2, 0) is 6.42 Å². The molecule has 0 aliphatic carbocycles. The van der Waals surface area contributed by atoms with Crippen molar-refractivity contribution >= 4 is 32.6 Å². The Morgan fingerprint density at radius 1 is 0.400 bits per heavy atom. The normalized spacial score (nSPS) is 12.1. The van der Waals surface area contributed by atoms with E-state index in [-0.39, 0.29) is 5.92 Å². The number of hydrogen-bond acceptors (Lipinski definition) is 0. The second kappa shape index (κ2) is 13.0. The van der Waals surface area contributed by atoms with Crippen LogP contribution in [0.2, 0.25) is 0 Å². The van der Waals surface area contributed by atoms with Crippen LogP contribution >= 0.6 is 0 Å². The summed E-state index contributed by atoms with van der Waals surface area (Å²) in [5, 5.41) is 5.19. The maximum absolute atomic E-state index is 2.37. The van der Waals surface area contributed by atoms with E-state index in [0.717, 1.165) is 12.8 Å². The van der Waals surface area contributed by atoms with Gasteiger partial charge in [-0.1, -0.05) is 164 Å². The maximum atomic E-state index is 2.37. The quantitative estimate of drug-likeness (QED) is 0.156. The van der Waals surface area contributed by atoms with E-state index in [4.69, 9.17) is 0 Å². The number of benzene rings is 8. The standard InChI is InChI=1S/C49H37N/c1-3-12-36(13-4-1)37-27-29-40(30-28-37)44(45-20-11-15-39-14-7-8-18-43(39)45)32-24-35-22-25-38(26-23-35)41-31-33-49-47(34-41)46-19-9-10-21-48(46)50(49)42-16-5-2-6-17-42/h1-23,25-31,33-34,44H,24,32H2. The molecule has 1 heterocycles. The molecule has 0 N–H and O–H groups in total. The summed E-state index contributed by atoms with van der Waals surface area (Å²) in [6, 6.07) is 71.0. The number of nitrogens with zero attached hydrogens (tertiary/aromatic N) is 1. The average molecular weight is 640 g/mol. The van der Waals surface area contributed by atoms with Crippen molar-refractivity contribution in [2.75, 3.05) is 0 Å². The van der Waals surface area contributed by atoms with E-state index < -0.39 is 0 Å². The third-order valence-corrected chi connectivity index (χ3v) is 10.3. The third-order valence-electron chi connectivity index (χ3n) is 10.3. The SMILES string of the molecule is c1ccc(-c2ccc(C(CCc3ccc(-c4ccc5c(c4)c4ccccc4n5-c4ccccc4)cc3)c3cccc4ccccc34)cc2)cc1. The van der Waals surface area contributed by atoms with Crippen LogP contribution in [0.4, 0.5) is 0 Å². The fourth-order valence-electron chi connectivity index (χ4n) is 7.78. The van der Waals surface area contributed by atoms with Crippen LogP contribution in [0, 0.1) is 0 Å². The second-order valence-corrected chi connectivity index (χ2v) is 13.3. The van der Waals surface area contributed by atoms with Gasteiger partial charge in [0, 0.05) is 22.4 Å². The Bertz CT molecular complexity index is 2550. The summed E-state index contributed by atoms with van der Waals surface area (Å²) in [4.78, 5) is 0. The van der Waals surface area contributed by atoms with Gasteiger partial charge in [0.05, 0.1) is 11.0 Å². The number of hydrogen-bond donors (Lipinski definition) is 0. The van der Waals surface area contributed by atoms with Crippen molar-refractivity contribution in [1.29, 1.82) is 0 Å². The molecule has 0 saturated carbocycles. The first-order chi connectivity index (χ1) is 24.8. The van der Waals surface area contributed by atoms with E-state index >= 15 is 0 Å². The van der Waals surface area contributed by atoms with E-state index in [0.29, 0.717) is 0 Å². The van der Waals surface area contributed by atoms with Crippen molar-refractivity contribution in [2.24, 2.45) is 0 Å². The number of aromatic nitrogens is 1. The van der Waals surface area contributed by atoms with Gasteiger partial charge in [0.2, 0.25) is 0 Å². The molecular formula is C49H37N. The number of para-hydroxylation sites is 2. The van der Waals surface area contributed by atoms with Crippen LogP contribution in [0.5, 0.6) is 0 Å². The van der Waals surface area contributed by atoms with Gasteiger partial charge >= 0.3 is 0 Å². The minimum absolute atomic E-state index is 0.287. The molecule has 1 heteroatoms. The molecule has 1 atom stereocenters. The van der Waals surface area contributed by atoms with Crippen molar-refractivity contribution < 1.29 is 0 Å². The van der Waals surface area contributed by atoms with Crippen LogP contribution in [0.3, 0.4) is 0 Å². The Morgan fingerprint density at radius 2 is 0.980 bits per heavy atom. The van der Waals surface area contributed by atoms with Gasteiger partial charge in [-0.05, 0) is 92.9 Å². The maximum Gasteiger partial charge on any atom is 0.0541 e. The smallest absolute Gasteiger partial charge is 0.0541 e. The topological polar surface area (TPSA) is 4.93 Å². The molecule has 9 rings (SSSR count). The van der Waals surface area contributed by atoms with Gasteiger partial charge in [0.25, 0.3) is 0 Å². The van der Waals surface area contributed by atoms with E-state index in [1.54, 1.807) is 0 Å². The monoisotopic (exact) mass is 639 g/mol. The number of rotatable bonds is 8. The highest BCUT2D eigenvalue weighted by atomic mass is 15.0. The lowest BCUT2D eigenvalue weighted by Gasteiger charge is -2.21. The Labute approximate surface area is 293 Å². The van der Waals surface area contributed by atoms with E-state index in [1.807, 2.05) is 0 Å². The fourth-order valence-corrected chi connectivity index (χ4v) is 7.78. The molecule has 1 nitrogen and oxygen atoms in total. The van der Waals surface area contributed by atoms with Gasteiger partial charge in [-0.15, -0.1) is 0 Å². The van der Waals surface area contributed by atoms with Gasteiger partial charge < -0.3 is 4.57 Å². The predicted octanol–water partition coefficient (Wildman–Crippen LogP) is 13.0. The Morgan fingerprint density at radius 3 is 1.78 bits per heavy atom. The number of fused-ring (bicyclic) bond motifs is 4. The van der Waals surface area contributed by atoms with Crippen molar-refractivity contribution in [1.82, 2.24) is 4.57 Å². The lowest BCUT2D eigenvalue weighted by atomic mass is 9.83.